The van der Waals surface area contributed by atoms with Crippen LogP contribution in [0.3, 0.4) is 0 Å². The molecule has 4 rings (SSSR count). The molecule has 0 saturated carbocycles. The predicted octanol–water partition coefficient (Wildman–Crippen LogP) is 4.38. The first kappa shape index (κ1) is 13.6. The number of thioether (sulfide) groups is 1. The van der Waals surface area contributed by atoms with Gasteiger partial charge in [0, 0.05) is 23.3 Å². The molecule has 0 atom stereocenters. The molecule has 1 aliphatic carbocycles. The van der Waals surface area contributed by atoms with Crippen LogP contribution in [0.4, 0.5) is 0 Å². The molecule has 0 spiro atoms. The summed E-state index contributed by atoms with van der Waals surface area (Å²) in [5.41, 5.74) is 5.71. The Bertz CT molecular complexity index is 750. The zero-order chi connectivity index (χ0) is 14.9. The van der Waals surface area contributed by atoms with Gasteiger partial charge in [0.15, 0.2) is 12.4 Å². The van der Waals surface area contributed by atoms with Crippen LogP contribution in [0.1, 0.15) is 33.5 Å². The molecule has 2 heteroatoms. The van der Waals surface area contributed by atoms with Gasteiger partial charge in [-0.15, -0.1) is 0 Å². The van der Waals surface area contributed by atoms with Crippen molar-refractivity contribution in [3.8, 4) is 0 Å². The van der Waals surface area contributed by atoms with Gasteiger partial charge in [0.2, 0.25) is 6.04 Å². The average Bonchev–Trinajstić information content (AvgIpc) is 2.60. The van der Waals surface area contributed by atoms with Gasteiger partial charge in [0.25, 0.3) is 0 Å². The van der Waals surface area contributed by atoms with Crippen LogP contribution in [-0.2, 0) is 0 Å². The summed E-state index contributed by atoms with van der Waals surface area (Å²) in [5, 5.41) is 0.424. The minimum absolute atomic E-state index is 0.261. The Morgan fingerprint density at radius 2 is 1.18 bits per heavy atom. The van der Waals surface area contributed by atoms with Gasteiger partial charge in [0.05, 0.1) is 5.25 Å². The highest BCUT2D eigenvalue weighted by Gasteiger charge is 2.36. The molecule has 0 radical (unpaired) electrons. The van der Waals surface area contributed by atoms with E-state index < -0.39 is 0 Å². The van der Waals surface area contributed by atoms with Crippen molar-refractivity contribution in [1.29, 1.82) is 0 Å². The highest BCUT2D eigenvalue weighted by atomic mass is 32.2. The molecule has 0 saturated heterocycles. The van der Waals surface area contributed by atoms with Crippen molar-refractivity contribution in [2.24, 2.45) is 0 Å². The van der Waals surface area contributed by atoms with Crippen molar-refractivity contribution >= 4 is 11.8 Å². The molecule has 22 heavy (non-hydrogen) atoms. The smallest absolute Gasteiger partial charge is 0.194 e. The highest BCUT2D eigenvalue weighted by molar-refractivity contribution is 7.99. The van der Waals surface area contributed by atoms with Gasteiger partial charge in [-0.25, -0.2) is 0 Å². The van der Waals surface area contributed by atoms with Crippen LogP contribution < -0.4 is 4.57 Å². The van der Waals surface area contributed by atoms with E-state index in [2.05, 4.69) is 89.9 Å². The van der Waals surface area contributed by atoms with E-state index in [4.69, 9.17) is 0 Å². The lowest BCUT2D eigenvalue weighted by Crippen LogP contribution is -2.42. The van der Waals surface area contributed by atoms with E-state index in [1.807, 2.05) is 11.8 Å². The normalized spacial score (nSPS) is 19.3. The number of pyridine rings is 1. The van der Waals surface area contributed by atoms with Crippen LogP contribution in [0.15, 0.2) is 79.1 Å². The molecule has 0 aliphatic heterocycles. The van der Waals surface area contributed by atoms with Gasteiger partial charge >= 0.3 is 0 Å². The average molecular weight is 304 g/mol. The summed E-state index contributed by atoms with van der Waals surface area (Å²) in [5.74, 6) is 0. The first-order chi connectivity index (χ1) is 10.9. The lowest BCUT2D eigenvalue weighted by Gasteiger charge is -2.30. The molecule has 0 fully saturated rings. The van der Waals surface area contributed by atoms with Crippen LogP contribution in [0, 0.1) is 0 Å². The lowest BCUT2D eigenvalue weighted by atomic mass is 9.82. The SMILES string of the molecule is CSC1c2ccccc2C([n+]2ccccc2)c2ccccc21. The maximum absolute atomic E-state index is 2.31. The van der Waals surface area contributed by atoms with Crippen molar-refractivity contribution in [1.82, 2.24) is 0 Å². The third kappa shape index (κ3) is 2.06. The van der Waals surface area contributed by atoms with E-state index in [0.717, 1.165) is 0 Å². The maximum Gasteiger partial charge on any atom is 0.209 e. The molecule has 0 bridgehead atoms. The van der Waals surface area contributed by atoms with E-state index in [1.54, 1.807) is 0 Å². The van der Waals surface area contributed by atoms with E-state index in [0.29, 0.717) is 5.25 Å². The summed E-state index contributed by atoms with van der Waals surface area (Å²) in [4.78, 5) is 0. The molecule has 0 amide bonds. The van der Waals surface area contributed by atoms with Crippen LogP contribution in [-0.4, -0.2) is 6.26 Å². The van der Waals surface area contributed by atoms with Gasteiger partial charge in [-0.3, -0.25) is 0 Å². The summed E-state index contributed by atoms with van der Waals surface area (Å²) in [6, 6.07) is 24.3. The topological polar surface area (TPSA) is 3.88 Å². The number of hydrogen-bond acceptors (Lipinski definition) is 1. The first-order valence-corrected chi connectivity index (χ1v) is 8.85. The molecule has 2 aromatic carbocycles. The molecule has 0 unspecified atom stereocenters. The van der Waals surface area contributed by atoms with Crippen LogP contribution >= 0.6 is 11.8 Å². The number of fused-ring (bicyclic) bond motifs is 2. The summed E-state index contributed by atoms with van der Waals surface area (Å²) in [6.07, 6.45) is 6.53. The van der Waals surface area contributed by atoms with Crippen LogP contribution in [0.2, 0.25) is 0 Å². The maximum atomic E-state index is 2.31. The molecule has 3 aromatic rings. The summed E-state index contributed by atoms with van der Waals surface area (Å²) < 4.78 is 2.31. The largest absolute Gasteiger partial charge is 0.209 e. The van der Waals surface area contributed by atoms with Crippen LogP contribution in [0.25, 0.3) is 0 Å². The Hall–Kier alpha value is -2.06. The standard InChI is InChI=1S/C20H18NS/c1-22-20-17-11-5-3-9-15(17)19(21-13-7-2-8-14-21)16-10-4-6-12-18(16)20/h2-14,19-20H,1H3/q+1. The summed E-state index contributed by atoms with van der Waals surface area (Å²) >= 11 is 1.92. The highest BCUT2D eigenvalue weighted by Crippen LogP contribution is 2.46. The zero-order valence-electron chi connectivity index (χ0n) is 12.5. The Balaban J connectivity index is 2.00. The quantitative estimate of drug-likeness (QED) is 0.636. The fourth-order valence-electron chi connectivity index (χ4n) is 3.49. The van der Waals surface area contributed by atoms with Crippen molar-refractivity contribution in [3.63, 3.8) is 0 Å². The molecule has 1 aliphatic rings. The van der Waals surface area contributed by atoms with Gasteiger partial charge in [-0.05, 0) is 17.4 Å². The Kier molecular flexibility index (Phi) is 3.47. The molecular formula is C20H18NS+. The van der Waals surface area contributed by atoms with E-state index in [9.17, 15) is 0 Å². The Morgan fingerprint density at radius 3 is 1.68 bits per heavy atom. The second kappa shape index (κ2) is 5.62. The Morgan fingerprint density at radius 1 is 0.682 bits per heavy atom. The van der Waals surface area contributed by atoms with Crippen molar-refractivity contribution in [2.45, 2.75) is 11.3 Å². The minimum atomic E-state index is 0.261. The Labute approximate surface area is 135 Å². The van der Waals surface area contributed by atoms with Crippen molar-refractivity contribution in [3.05, 3.63) is 101 Å². The second-order valence-electron chi connectivity index (χ2n) is 5.60. The summed E-state index contributed by atoms with van der Waals surface area (Å²) in [6.45, 7) is 0. The lowest BCUT2D eigenvalue weighted by molar-refractivity contribution is -0.705. The number of aromatic nitrogens is 1. The van der Waals surface area contributed by atoms with Gasteiger partial charge in [0.1, 0.15) is 0 Å². The fraction of sp³-hybridized carbons (Fsp3) is 0.150. The molecule has 1 aromatic heterocycles. The number of hydrogen-bond donors (Lipinski definition) is 0. The number of nitrogens with zero attached hydrogens (tertiary/aromatic N) is 1. The van der Waals surface area contributed by atoms with Crippen molar-refractivity contribution < 1.29 is 4.57 Å². The van der Waals surface area contributed by atoms with Gasteiger partial charge in [-0.1, -0.05) is 54.6 Å². The van der Waals surface area contributed by atoms with E-state index in [-0.39, 0.29) is 6.04 Å². The molecule has 108 valence electrons. The number of benzene rings is 2. The monoisotopic (exact) mass is 304 g/mol. The second-order valence-corrected chi connectivity index (χ2v) is 6.54. The third-order valence-electron chi connectivity index (χ3n) is 4.42. The zero-order valence-corrected chi connectivity index (χ0v) is 13.3. The first-order valence-electron chi connectivity index (χ1n) is 7.56. The van der Waals surface area contributed by atoms with E-state index >= 15 is 0 Å². The minimum Gasteiger partial charge on any atom is -0.194 e. The van der Waals surface area contributed by atoms with Crippen molar-refractivity contribution in [2.75, 3.05) is 6.26 Å². The summed E-state index contributed by atoms with van der Waals surface area (Å²) in [7, 11) is 0. The molecule has 1 nitrogen and oxygen atoms in total. The molecule has 1 heterocycles. The van der Waals surface area contributed by atoms with E-state index in [1.165, 1.54) is 22.3 Å². The van der Waals surface area contributed by atoms with Crippen LogP contribution in [0.5, 0.6) is 0 Å². The predicted molar refractivity (Wildman–Crippen MR) is 92.1 cm³/mol. The fourth-order valence-corrected chi connectivity index (χ4v) is 4.43. The molecular weight excluding hydrogens is 286 g/mol. The third-order valence-corrected chi connectivity index (χ3v) is 5.40. The number of rotatable bonds is 2. The van der Waals surface area contributed by atoms with Gasteiger partial charge in [-0.2, -0.15) is 16.3 Å². The molecule has 0 N–H and O–H groups in total. The van der Waals surface area contributed by atoms with Gasteiger partial charge < -0.3 is 0 Å².